The van der Waals surface area contributed by atoms with Crippen molar-refractivity contribution in [3.8, 4) is 0 Å². The molecule has 0 nitrogen and oxygen atoms in total. The van der Waals surface area contributed by atoms with Crippen molar-refractivity contribution in [2.45, 2.75) is 51.9 Å². The van der Waals surface area contributed by atoms with Crippen LogP contribution < -0.4 is 0 Å². The van der Waals surface area contributed by atoms with E-state index < -0.39 is 0 Å². The van der Waals surface area contributed by atoms with Gasteiger partial charge in [-0.15, -0.1) is 6.58 Å². The van der Waals surface area contributed by atoms with Gasteiger partial charge in [0.2, 0.25) is 0 Å². The van der Waals surface area contributed by atoms with Gasteiger partial charge in [0.15, 0.2) is 0 Å². The smallest absolute Gasteiger partial charge is 0.0209 e. The summed E-state index contributed by atoms with van der Waals surface area (Å²) in [5.41, 5.74) is 1.39. The molecule has 0 bridgehead atoms. The van der Waals surface area contributed by atoms with Gasteiger partial charge in [-0.1, -0.05) is 37.5 Å². The maximum absolute atomic E-state index is 4.10. The summed E-state index contributed by atoms with van der Waals surface area (Å²) in [4.78, 5) is 0. The average molecular weight is 192 g/mol. The maximum Gasteiger partial charge on any atom is -0.0209 e. The third kappa shape index (κ3) is 3.69. The van der Waals surface area contributed by atoms with Crippen LogP contribution in [0.5, 0.6) is 0 Å². The summed E-state index contributed by atoms with van der Waals surface area (Å²) in [6.07, 6.45) is 11.6. The zero-order valence-electron chi connectivity index (χ0n) is 9.60. The predicted octanol–water partition coefficient (Wildman–Crippen LogP) is 4.73. The highest BCUT2D eigenvalue weighted by molar-refractivity contribution is 4.96. The van der Waals surface area contributed by atoms with E-state index in [-0.39, 0.29) is 0 Å². The second-order valence-corrected chi connectivity index (χ2v) is 4.80. The van der Waals surface area contributed by atoms with E-state index in [2.05, 4.69) is 26.2 Å². The summed E-state index contributed by atoms with van der Waals surface area (Å²) in [7, 11) is 0. The number of allylic oxidation sites excluding steroid dienone is 2. The number of hydrogen-bond donors (Lipinski definition) is 0. The Balaban J connectivity index is 2.41. The molecule has 80 valence electrons. The summed E-state index contributed by atoms with van der Waals surface area (Å²) >= 11 is 0. The molecule has 1 rings (SSSR count). The highest BCUT2D eigenvalue weighted by Crippen LogP contribution is 2.31. The van der Waals surface area contributed by atoms with Gasteiger partial charge in [0.25, 0.3) is 0 Å². The summed E-state index contributed by atoms with van der Waals surface area (Å²) in [5, 5.41) is 0. The third-order valence-corrected chi connectivity index (χ3v) is 3.54. The quantitative estimate of drug-likeness (QED) is 0.567. The lowest BCUT2D eigenvalue weighted by Gasteiger charge is -2.24. The lowest BCUT2D eigenvalue weighted by molar-refractivity contribution is 0.338. The largest absolute Gasteiger partial charge is 0.103 e. The van der Waals surface area contributed by atoms with Crippen LogP contribution in [-0.4, -0.2) is 0 Å². The van der Waals surface area contributed by atoms with Gasteiger partial charge < -0.3 is 0 Å². The van der Waals surface area contributed by atoms with Gasteiger partial charge in [-0.25, -0.2) is 0 Å². The SMILES string of the molecule is C=CCC1CCCCC(C(=C)C)CC1. The number of rotatable bonds is 3. The van der Waals surface area contributed by atoms with Crippen molar-refractivity contribution in [3.63, 3.8) is 0 Å². The van der Waals surface area contributed by atoms with E-state index in [1.807, 2.05) is 0 Å². The monoisotopic (exact) mass is 192 g/mol. The molecule has 0 heterocycles. The van der Waals surface area contributed by atoms with E-state index in [0.29, 0.717) is 0 Å². The molecule has 0 aromatic heterocycles. The molecule has 0 radical (unpaired) electrons. The predicted molar refractivity (Wildman–Crippen MR) is 64.3 cm³/mol. The molecule has 1 aliphatic carbocycles. The first-order chi connectivity index (χ1) is 6.74. The summed E-state index contributed by atoms with van der Waals surface area (Å²) in [6, 6.07) is 0. The highest BCUT2D eigenvalue weighted by atomic mass is 14.2. The van der Waals surface area contributed by atoms with E-state index in [4.69, 9.17) is 0 Å². The van der Waals surface area contributed by atoms with Crippen LogP contribution in [-0.2, 0) is 0 Å². The first kappa shape index (κ1) is 11.6. The molecule has 2 atom stereocenters. The van der Waals surface area contributed by atoms with Crippen molar-refractivity contribution in [1.82, 2.24) is 0 Å². The molecular weight excluding hydrogens is 168 g/mol. The molecular formula is C14H24. The van der Waals surface area contributed by atoms with Crippen LogP contribution >= 0.6 is 0 Å². The molecule has 0 N–H and O–H groups in total. The molecule has 1 fully saturated rings. The fourth-order valence-electron chi connectivity index (χ4n) is 2.51. The minimum Gasteiger partial charge on any atom is -0.103 e. The minimum absolute atomic E-state index is 0.794. The second-order valence-electron chi connectivity index (χ2n) is 4.80. The summed E-state index contributed by atoms with van der Waals surface area (Å²) < 4.78 is 0. The van der Waals surface area contributed by atoms with Crippen LogP contribution in [0, 0.1) is 11.8 Å². The van der Waals surface area contributed by atoms with Crippen LogP contribution in [0.25, 0.3) is 0 Å². The van der Waals surface area contributed by atoms with Crippen molar-refractivity contribution in [2.75, 3.05) is 0 Å². The molecule has 0 aromatic rings. The molecule has 2 unspecified atom stereocenters. The molecule has 0 heteroatoms. The fourth-order valence-corrected chi connectivity index (χ4v) is 2.51. The first-order valence-corrected chi connectivity index (χ1v) is 6.00. The van der Waals surface area contributed by atoms with Crippen LogP contribution in [0.4, 0.5) is 0 Å². The fraction of sp³-hybridized carbons (Fsp3) is 0.714. The highest BCUT2D eigenvalue weighted by Gasteiger charge is 2.16. The minimum atomic E-state index is 0.794. The average Bonchev–Trinajstić information content (AvgIpc) is 2.09. The van der Waals surface area contributed by atoms with Crippen molar-refractivity contribution >= 4 is 0 Å². The lowest BCUT2D eigenvalue weighted by atomic mass is 9.82. The molecule has 14 heavy (non-hydrogen) atoms. The van der Waals surface area contributed by atoms with Crippen LogP contribution in [0.3, 0.4) is 0 Å². The standard InChI is InChI=1S/C14H24/c1-4-7-13-8-5-6-9-14(11-10-13)12(2)3/h4,13-14H,1-2,5-11H2,3H3. The van der Waals surface area contributed by atoms with Crippen LogP contribution in [0.2, 0.25) is 0 Å². The maximum atomic E-state index is 4.10. The zero-order chi connectivity index (χ0) is 10.4. The Hall–Kier alpha value is -0.520. The third-order valence-electron chi connectivity index (χ3n) is 3.54. The molecule has 1 aliphatic rings. The van der Waals surface area contributed by atoms with E-state index in [1.54, 1.807) is 0 Å². The Morgan fingerprint density at radius 3 is 2.57 bits per heavy atom. The van der Waals surface area contributed by atoms with E-state index in [9.17, 15) is 0 Å². The lowest BCUT2D eigenvalue weighted by Crippen LogP contribution is -2.10. The topological polar surface area (TPSA) is 0 Å². The molecule has 0 aliphatic heterocycles. The van der Waals surface area contributed by atoms with Crippen molar-refractivity contribution < 1.29 is 0 Å². The molecule has 0 spiro atoms. The van der Waals surface area contributed by atoms with Crippen LogP contribution in [0.15, 0.2) is 24.8 Å². The van der Waals surface area contributed by atoms with Crippen molar-refractivity contribution in [1.29, 1.82) is 0 Å². The van der Waals surface area contributed by atoms with Gasteiger partial charge in [0.1, 0.15) is 0 Å². The van der Waals surface area contributed by atoms with E-state index in [1.165, 1.54) is 50.5 Å². The van der Waals surface area contributed by atoms with Gasteiger partial charge in [-0.2, -0.15) is 0 Å². The Morgan fingerprint density at radius 1 is 1.21 bits per heavy atom. The Kier molecular flexibility index (Phi) is 5.00. The summed E-state index contributed by atoms with van der Waals surface area (Å²) in [6.45, 7) is 10.1. The van der Waals surface area contributed by atoms with Gasteiger partial charge in [-0.3, -0.25) is 0 Å². The molecule has 1 saturated carbocycles. The molecule has 0 aromatic carbocycles. The van der Waals surface area contributed by atoms with Crippen molar-refractivity contribution in [2.24, 2.45) is 11.8 Å². The van der Waals surface area contributed by atoms with Gasteiger partial charge in [0, 0.05) is 0 Å². The van der Waals surface area contributed by atoms with E-state index in [0.717, 1.165) is 11.8 Å². The van der Waals surface area contributed by atoms with Gasteiger partial charge in [-0.05, 0) is 44.4 Å². The molecule has 0 amide bonds. The first-order valence-electron chi connectivity index (χ1n) is 6.00. The number of hydrogen-bond acceptors (Lipinski definition) is 0. The Bertz CT molecular complexity index is 190. The van der Waals surface area contributed by atoms with Gasteiger partial charge in [0.05, 0.1) is 0 Å². The van der Waals surface area contributed by atoms with Crippen molar-refractivity contribution in [3.05, 3.63) is 24.8 Å². The Labute approximate surface area is 89.1 Å². The normalized spacial score (nSPS) is 28.9. The zero-order valence-corrected chi connectivity index (χ0v) is 9.60. The second kappa shape index (κ2) is 6.06. The van der Waals surface area contributed by atoms with E-state index >= 15 is 0 Å². The van der Waals surface area contributed by atoms with Gasteiger partial charge >= 0.3 is 0 Å². The van der Waals surface area contributed by atoms with Crippen LogP contribution in [0.1, 0.15) is 51.9 Å². The molecule has 0 saturated heterocycles. The Morgan fingerprint density at radius 2 is 1.93 bits per heavy atom. The summed E-state index contributed by atoms with van der Waals surface area (Å²) in [5.74, 6) is 1.69.